The number of anilines is 1. The predicted molar refractivity (Wildman–Crippen MR) is 119 cm³/mol. The van der Waals surface area contributed by atoms with Crippen molar-refractivity contribution >= 4 is 17.3 Å². The summed E-state index contributed by atoms with van der Waals surface area (Å²) in [6, 6.07) is 6.05. The molecule has 0 aliphatic heterocycles. The Morgan fingerprint density at radius 3 is 2.47 bits per heavy atom. The number of ether oxygens (including phenoxy) is 1. The van der Waals surface area contributed by atoms with Crippen LogP contribution < -0.4 is 4.90 Å². The molecule has 0 saturated heterocycles. The number of nitro benzene ring substituents is 1. The van der Waals surface area contributed by atoms with Gasteiger partial charge in [0.05, 0.1) is 18.0 Å². The van der Waals surface area contributed by atoms with Crippen molar-refractivity contribution in [1.82, 2.24) is 0 Å². The van der Waals surface area contributed by atoms with E-state index in [1.807, 2.05) is 12.1 Å². The number of carbonyl (C=O) groups is 1. The van der Waals surface area contributed by atoms with E-state index in [1.54, 1.807) is 13.0 Å². The van der Waals surface area contributed by atoms with Gasteiger partial charge in [-0.25, -0.2) is 0 Å². The SMILES string of the molecule is CCOC(=O)CC(c1ccc(N(CC(C)C)C2CCCCC2)c([N+](=O)[O-])c1)C1CC1. The number of rotatable bonds is 10. The minimum Gasteiger partial charge on any atom is -0.466 e. The molecule has 2 saturated carbocycles. The van der Waals surface area contributed by atoms with Gasteiger partial charge in [0.25, 0.3) is 5.69 Å². The molecule has 1 unspecified atom stereocenters. The van der Waals surface area contributed by atoms with E-state index in [1.165, 1.54) is 19.3 Å². The fraction of sp³-hybridized carbons (Fsp3) is 0.708. The van der Waals surface area contributed by atoms with Crippen LogP contribution in [0.3, 0.4) is 0 Å². The van der Waals surface area contributed by atoms with Crippen molar-refractivity contribution in [2.75, 3.05) is 18.1 Å². The third-order valence-corrected chi connectivity index (χ3v) is 6.39. The van der Waals surface area contributed by atoms with E-state index in [9.17, 15) is 14.9 Å². The number of esters is 1. The van der Waals surface area contributed by atoms with Crippen LogP contribution in [0.2, 0.25) is 0 Å². The predicted octanol–water partition coefficient (Wildman–Crippen LogP) is 5.84. The zero-order chi connectivity index (χ0) is 21.7. The van der Waals surface area contributed by atoms with Crippen LogP contribution in [-0.2, 0) is 9.53 Å². The van der Waals surface area contributed by atoms with Gasteiger partial charge in [0, 0.05) is 18.7 Å². The molecule has 0 spiro atoms. The number of nitrogens with zero attached hydrogens (tertiary/aromatic N) is 2. The molecule has 166 valence electrons. The first-order valence-electron chi connectivity index (χ1n) is 11.6. The Hall–Kier alpha value is -2.11. The molecule has 0 N–H and O–H groups in total. The second-order valence-electron chi connectivity index (χ2n) is 9.30. The highest BCUT2D eigenvalue weighted by Crippen LogP contribution is 2.46. The summed E-state index contributed by atoms with van der Waals surface area (Å²) in [5, 5.41) is 12.1. The zero-order valence-corrected chi connectivity index (χ0v) is 18.6. The van der Waals surface area contributed by atoms with Crippen molar-refractivity contribution in [3.8, 4) is 0 Å². The van der Waals surface area contributed by atoms with Crippen molar-refractivity contribution in [3.05, 3.63) is 33.9 Å². The number of hydrogen-bond acceptors (Lipinski definition) is 5. The fourth-order valence-electron chi connectivity index (χ4n) is 4.85. The average Bonchev–Trinajstić information content (AvgIpc) is 3.56. The van der Waals surface area contributed by atoms with Gasteiger partial charge in [-0.15, -0.1) is 0 Å². The van der Waals surface area contributed by atoms with E-state index in [2.05, 4.69) is 18.7 Å². The molecule has 1 aromatic carbocycles. The molecule has 3 rings (SSSR count). The maximum absolute atomic E-state index is 12.1. The van der Waals surface area contributed by atoms with Crippen molar-refractivity contribution < 1.29 is 14.5 Å². The Morgan fingerprint density at radius 1 is 1.20 bits per heavy atom. The highest BCUT2D eigenvalue weighted by atomic mass is 16.6. The van der Waals surface area contributed by atoms with Gasteiger partial charge < -0.3 is 9.64 Å². The summed E-state index contributed by atoms with van der Waals surface area (Å²) in [5.74, 6) is 0.633. The first-order chi connectivity index (χ1) is 14.4. The summed E-state index contributed by atoms with van der Waals surface area (Å²) in [4.78, 5) is 26.2. The monoisotopic (exact) mass is 416 g/mol. The molecule has 2 aliphatic carbocycles. The highest BCUT2D eigenvalue weighted by molar-refractivity contribution is 5.71. The molecule has 0 heterocycles. The second-order valence-corrected chi connectivity index (χ2v) is 9.30. The van der Waals surface area contributed by atoms with Gasteiger partial charge in [-0.05, 0) is 62.0 Å². The number of benzene rings is 1. The van der Waals surface area contributed by atoms with Gasteiger partial charge in [-0.1, -0.05) is 39.2 Å². The Bertz CT molecular complexity index is 739. The van der Waals surface area contributed by atoms with Crippen LogP contribution in [-0.4, -0.2) is 30.1 Å². The van der Waals surface area contributed by atoms with Crippen LogP contribution in [0.1, 0.15) is 83.6 Å². The topological polar surface area (TPSA) is 72.7 Å². The zero-order valence-electron chi connectivity index (χ0n) is 18.6. The lowest BCUT2D eigenvalue weighted by Gasteiger charge is -2.37. The third kappa shape index (κ3) is 5.73. The molecule has 6 nitrogen and oxygen atoms in total. The maximum atomic E-state index is 12.1. The minimum atomic E-state index is -0.247. The first kappa shape index (κ1) is 22.6. The lowest BCUT2D eigenvalue weighted by molar-refractivity contribution is -0.384. The van der Waals surface area contributed by atoms with Crippen LogP contribution in [0.5, 0.6) is 0 Å². The molecule has 0 amide bonds. The molecule has 1 aromatic rings. The summed E-state index contributed by atoms with van der Waals surface area (Å²) in [7, 11) is 0. The van der Waals surface area contributed by atoms with Crippen molar-refractivity contribution in [2.24, 2.45) is 11.8 Å². The summed E-state index contributed by atoms with van der Waals surface area (Å²) in [6.07, 6.45) is 8.26. The number of hydrogen-bond donors (Lipinski definition) is 0. The Kier molecular flexibility index (Phi) is 7.73. The summed E-state index contributed by atoms with van der Waals surface area (Å²) >= 11 is 0. The standard InChI is InChI=1S/C24H36N2O4/c1-4-30-24(27)15-21(18-10-11-18)19-12-13-22(23(14-19)26(28)29)25(16-17(2)3)20-8-6-5-7-9-20/h12-14,17-18,20-21H,4-11,15-16H2,1-3H3. The highest BCUT2D eigenvalue weighted by Gasteiger charge is 2.36. The van der Waals surface area contributed by atoms with Crippen LogP contribution >= 0.6 is 0 Å². The van der Waals surface area contributed by atoms with Gasteiger partial charge in [0.2, 0.25) is 0 Å². The van der Waals surface area contributed by atoms with Gasteiger partial charge in [0.15, 0.2) is 0 Å². The van der Waals surface area contributed by atoms with Gasteiger partial charge >= 0.3 is 5.97 Å². The Balaban J connectivity index is 1.92. The normalized spacial score (nSPS) is 18.3. The lowest BCUT2D eigenvalue weighted by Crippen LogP contribution is -2.39. The lowest BCUT2D eigenvalue weighted by atomic mass is 9.89. The van der Waals surface area contributed by atoms with Gasteiger partial charge in [-0.3, -0.25) is 14.9 Å². The quantitative estimate of drug-likeness (QED) is 0.272. The largest absolute Gasteiger partial charge is 0.466 e. The number of nitro groups is 1. The average molecular weight is 417 g/mol. The van der Waals surface area contributed by atoms with E-state index in [-0.39, 0.29) is 22.5 Å². The van der Waals surface area contributed by atoms with Crippen molar-refractivity contribution in [3.63, 3.8) is 0 Å². The molecule has 6 heteroatoms. The summed E-state index contributed by atoms with van der Waals surface area (Å²) < 4.78 is 5.15. The molecule has 2 fully saturated rings. The van der Waals surface area contributed by atoms with E-state index in [4.69, 9.17) is 4.74 Å². The molecule has 1 atom stereocenters. The Morgan fingerprint density at radius 2 is 1.90 bits per heavy atom. The summed E-state index contributed by atoms with van der Waals surface area (Å²) in [5.41, 5.74) is 1.80. The molecular formula is C24H36N2O4. The number of carbonyl (C=O) groups excluding carboxylic acids is 1. The molecule has 2 aliphatic rings. The summed E-state index contributed by atoms with van der Waals surface area (Å²) in [6.45, 7) is 7.32. The van der Waals surface area contributed by atoms with Crippen molar-refractivity contribution in [1.29, 1.82) is 0 Å². The Labute approximate surface area is 180 Å². The van der Waals surface area contributed by atoms with Crippen LogP contribution in [0, 0.1) is 22.0 Å². The van der Waals surface area contributed by atoms with E-state index in [0.29, 0.717) is 30.9 Å². The van der Waals surface area contributed by atoms with E-state index < -0.39 is 0 Å². The van der Waals surface area contributed by atoms with E-state index in [0.717, 1.165) is 43.5 Å². The minimum absolute atomic E-state index is 0.00466. The second kappa shape index (κ2) is 10.3. The smallest absolute Gasteiger partial charge is 0.306 e. The molecule has 30 heavy (non-hydrogen) atoms. The van der Waals surface area contributed by atoms with Crippen LogP contribution in [0.15, 0.2) is 18.2 Å². The molecule has 0 radical (unpaired) electrons. The van der Waals surface area contributed by atoms with Gasteiger partial charge in [0.1, 0.15) is 5.69 Å². The fourth-order valence-corrected chi connectivity index (χ4v) is 4.85. The van der Waals surface area contributed by atoms with Crippen LogP contribution in [0.25, 0.3) is 0 Å². The molecule has 0 aromatic heterocycles. The maximum Gasteiger partial charge on any atom is 0.306 e. The van der Waals surface area contributed by atoms with E-state index >= 15 is 0 Å². The van der Waals surface area contributed by atoms with Crippen molar-refractivity contribution in [2.45, 2.75) is 84.1 Å². The van der Waals surface area contributed by atoms with Crippen LogP contribution in [0.4, 0.5) is 11.4 Å². The van der Waals surface area contributed by atoms with Gasteiger partial charge in [-0.2, -0.15) is 0 Å². The third-order valence-electron chi connectivity index (χ3n) is 6.39. The first-order valence-corrected chi connectivity index (χ1v) is 11.6. The molecular weight excluding hydrogens is 380 g/mol. The molecule has 0 bridgehead atoms.